The van der Waals surface area contributed by atoms with Gasteiger partial charge in [-0.3, -0.25) is 19.7 Å². The van der Waals surface area contributed by atoms with Gasteiger partial charge in [-0.2, -0.15) is 0 Å². The van der Waals surface area contributed by atoms with Crippen LogP contribution in [-0.2, 0) is 22.4 Å². The number of carbonyl (C=O) groups is 2. The van der Waals surface area contributed by atoms with E-state index in [-0.39, 0.29) is 35.9 Å². The Labute approximate surface area is 173 Å². The lowest BCUT2D eigenvalue weighted by Gasteiger charge is -2.21. The zero-order valence-corrected chi connectivity index (χ0v) is 16.2. The molecule has 30 heavy (non-hydrogen) atoms. The van der Waals surface area contributed by atoms with Crippen molar-refractivity contribution in [3.8, 4) is 0 Å². The number of hydrogen-bond acceptors (Lipinski definition) is 4. The summed E-state index contributed by atoms with van der Waals surface area (Å²) in [6, 6.07) is 24.3. The van der Waals surface area contributed by atoms with Gasteiger partial charge in [0.2, 0.25) is 11.8 Å². The van der Waals surface area contributed by atoms with E-state index in [2.05, 4.69) is 10.6 Å². The van der Waals surface area contributed by atoms with Gasteiger partial charge in [0.25, 0.3) is 5.69 Å². The minimum Gasteiger partial charge on any atom is -0.332 e. The van der Waals surface area contributed by atoms with Gasteiger partial charge in [-0.15, -0.1) is 0 Å². The monoisotopic (exact) mass is 403 g/mol. The standard InChI is InChI=1S/C23H21N3O4/c27-21(15-17-9-3-1-4-10-17)24-23(19-13-7-8-14-20(19)26(29)30)25-22(28)16-18-11-5-2-6-12-18/h1-14,23H,15-16H2,(H,24,27)(H,25,28). The van der Waals surface area contributed by atoms with Crippen LogP contribution in [0.1, 0.15) is 22.9 Å². The van der Waals surface area contributed by atoms with E-state index in [9.17, 15) is 19.7 Å². The molecule has 0 bridgehead atoms. The quantitative estimate of drug-likeness (QED) is 0.342. The van der Waals surface area contributed by atoms with Gasteiger partial charge in [0.1, 0.15) is 6.17 Å². The van der Waals surface area contributed by atoms with Gasteiger partial charge in [0.05, 0.1) is 23.3 Å². The number of hydrogen-bond donors (Lipinski definition) is 2. The molecule has 0 aliphatic heterocycles. The van der Waals surface area contributed by atoms with Crippen LogP contribution in [0.5, 0.6) is 0 Å². The Morgan fingerprint density at radius 3 is 1.63 bits per heavy atom. The molecule has 2 N–H and O–H groups in total. The van der Waals surface area contributed by atoms with Crippen molar-refractivity contribution < 1.29 is 14.5 Å². The molecule has 0 radical (unpaired) electrons. The van der Waals surface area contributed by atoms with E-state index in [0.29, 0.717) is 0 Å². The highest BCUT2D eigenvalue weighted by Crippen LogP contribution is 2.23. The summed E-state index contributed by atoms with van der Waals surface area (Å²) in [6.07, 6.45) is -0.849. The lowest BCUT2D eigenvalue weighted by atomic mass is 10.1. The molecule has 3 aromatic rings. The number of nitro groups is 1. The zero-order chi connectivity index (χ0) is 21.3. The van der Waals surface area contributed by atoms with E-state index in [1.165, 1.54) is 18.2 Å². The molecular formula is C23H21N3O4. The molecule has 7 heteroatoms. The van der Waals surface area contributed by atoms with Gasteiger partial charge in [-0.25, -0.2) is 0 Å². The maximum absolute atomic E-state index is 12.6. The number of para-hydroxylation sites is 1. The summed E-state index contributed by atoms with van der Waals surface area (Å²) in [5.74, 6) is -0.714. The minimum absolute atomic E-state index is 0.0898. The SMILES string of the molecule is O=C(Cc1ccccc1)NC(NC(=O)Cc1ccccc1)c1ccccc1[N+](=O)[O-]. The average molecular weight is 403 g/mol. The van der Waals surface area contributed by atoms with Gasteiger partial charge in [-0.05, 0) is 17.2 Å². The summed E-state index contributed by atoms with van der Waals surface area (Å²) >= 11 is 0. The summed E-state index contributed by atoms with van der Waals surface area (Å²) in [5, 5.41) is 16.9. The lowest BCUT2D eigenvalue weighted by Crippen LogP contribution is -2.42. The number of nitrogens with zero attached hydrogens (tertiary/aromatic N) is 1. The highest BCUT2D eigenvalue weighted by atomic mass is 16.6. The van der Waals surface area contributed by atoms with E-state index >= 15 is 0 Å². The van der Waals surface area contributed by atoms with Crippen LogP contribution in [0.3, 0.4) is 0 Å². The van der Waals surface area contributed by atoms with Crippen molar-refractivity contribution in [2.45, 2.75) is 19.0 Å². The molecule has 3 rings (SSSR count). The Kier molecular flexibility index (Phi) is 6.89. The molecule has 2 amide bonds. The van der Waals surface area contributed by atoms with E-state index in [4.69, 9.17) is 0 Å². The summed E-state index contributed by atoms with van der Waals surface area (Å²) in [4.78, 5) is 36.1. The van der Waals surface area contributed by atoms with Gasteiger partial charge in [0.15, 0.2) is 0 Å². The average Bonchev–Trinajstić information content (AvgIpc) is 2.74. The second-order valence-electron chi connectivity index (χ2n) is 6.71. The van der Waals surface area contributed by atoms with Crippen LogP contribution in [-0.4, -0.2) is 16.7 Å². The molecule has 0 unspecified atom stereocenters. The fourth-order valence-electron chi connectivity index (χ4n) is 3.08. The molecule has 7 nitrogen and oxygen atoms in total. The van der Waals surface area contributed by atoms with Crippen LogP contribution in [0.25, 0.3) is 0 Å². The highest BCUT2D eigenvalue weighted by Gasteiger charge is 2.25. The summed E-state index contributed by atoms with van der Waals surface area (Å²) in [6.45, 7) is 0. The topological polar surface area (TPSA) is 101 Å². The fraction of sp³-hybridized carbons (Fsp3) is 0.130. The molecule has 0 spiro atoms. The van der Waals surface area contributed by atoms with Crippen LogP contribution < -0.4 is 10.6 Å². The maximum Gasteiger partial charge on any atom is 0.276 e. The lowest BCUT2D eigenvalue weighted by molar-refractivity contribution is -0.385. The van der Waals surface area contributed by atoms with Gasteiger partial charge in [-0.1, -0.05) is 72.8 Å². The van der Waals surface area contributed by atoms with Crippen molar-refractivity contribution in [3.63, 3.8) is 0 Å². The molecular weight excluding hydrogens is 382 g/mol. The molecule has 0 aliphatic rings. The first-order valence-corrected chi connectivity index (χ1v) is 9.43. The van der Waals surface area contributed by atoms with Crippen molar-refractivity contribution >= 4 is 17.5 Å². The van der Waals surface area contributed by atoms with Gasteiger partial charge in [0, 0.05) is 6.07 Å². The number of nitro benzene ring substituents is 1. The Hall–Kier alpha value is -4.00. The number of carbonyl (C=O) groups excluding carboxylic acids is 2. The molecule has 0 atom stereocenters. The molecule has 0 saturated carbocycles. The number of nitrogens with one attached hydrogen (secondary N) is 2. The third kappa shape index (κ3) is 5.75. The van der Waals surface area contributed by atoms with Crippen molar-refractivity contribution in [1.29, 1.82) is 0 Å². The molecule has 0 aromatic heterocycles. The van der Waals surface area contributed by atoms with Crippen LogP contribution in [0, 0.1) is 10.1 Å². The summed E-state index contributed by atoms with van der Waals surface area (Å²) < 4.78 is 0. The smallest absolute Gasteiger partial charge is 0.276 e. The Morgan fingerprint density at radius 1 is 0.733 bits per heavy atom. The van der Waals surface area contributed by atoms with Crippen LogP contribution in [0.15, 0.2) is 84.9 Å². The Morgan fingerprint density at radius 2 is 1.17 bits per heavy atom. The molecule has 3 aromatic carbocycles. The van der Waals surface area contributed by atoms with Crippen LogP contribution in [0.2, 0.25) is 0 Å². The second kappa shape index (κ2) is 9.97. The predicted molar refractivity (Wildman–Crippen MR) is 112 cm³/mol. The molecule has 0 saturated heterocycles. The number of amides is 2. The largest absolute Gasteiger partial charge is 0.332 e. The first kappa shape index (κ1) is 20.7. The molecule has 152 valence electrons. The minimum atomic E-state index is -1.03. The summed E-state index contributed by atoms with van der Waals surface area (Å²) in [5.41, 5.74) is 1.63. The normalized spacial score (nSPS) is 10.4. The number of rotatable bonds is 8. The van der Waals surface area contributed by atoms with Crippen LogP contribution in [0.4, 0.5) is 5.69 Å². The third-order valence-electron chi connectivity index (χ3n) is 4.47. The second-order valence-corrected chi connectivity index (χ2v) is 6.71. The van der Waals surface area contributed by atoms with Crippen molar-refractivity contribution in [1.82, 2.24) is 10.6 Å². The predicted octanol–water partition coefficient (Wildman–Crippen LogP) is 3.31. The van der Waals surface area contributed by atoms with Crippen molar-refractivity contribution in [2.24, 2.45) is 0 Å². The zero-order valence-electron chi connectivity index (χ0n) is 16.2. The van der Waals surface area contributed by atoms with E-state index < -0.39 is 11.1 Å². The third-order valence-corrected chi connectivity index (χ3v) is 4.47. The van der Waals surface area contributed by atoms with Gasteiger partial charge >= 0.3 is 0 Å². The van der Waals surface area contributed by atoms with Gasteiger partial charge < -0.3 is 10.6 Å². The number of benzene rings is 3. The highest BCUT2D eigenvalue weighted by molar-refractivity contribution is 5.82. The molecule has 0 fully saturated rings. The van der Waals surface area contributed by atoms with Crippen molar-refractivity contribution in [2.75, 3.05) is 0 Å². The van der Waals surface area contributed by atoms with E-state index in [1.807, 2.05) is 60.7 Å². The Bertz CT molecular complexity index is 967. The first-order valence-electron chi connectivity index (χ1n) is 9.43. The first-order chi connectivity index (χ1) is 14.5. The fourth-order valence-corrected chi connectivity index (χ4v) is 3.08. The van der Waals surface area contributed by atoms with E-state index in [0.717, 1.165) is 11.1 Å². The summed E-state index contributed by atoms with van der Waals surface area (Å²) in [7, 11) is 0. The van der Waals surface area contributed by atoms with Crippen LogP contribution >= 0.6 is 0 Å². The van der Waals surface area contributed by atoms with Crippen molar-refractivity contribution in [3.05, 3.63) is 112 Å². The maximum atomic E-state index is 12.6. The Balaban J connectivity index is 1.80. The molecule has 0 aliphatic carbocycles. The molecule has 0 heterocycles. The van der Waals surface area contributed by atoms with E-state index in [1.54, 1.807) is 6.07 Å².